The maximum atomic E-state index is 12.5. The first-order chi connectivity index (χ1) is 9.16. The minimum absolute atomic E-state index is 0.0686. The van der Waals surface area contributed by atoms with Crippen LogP contribution in [0, 0.1) is 0 Å². The first-order valence-electron chi connectivity index (χ1n) is 6.48. The van der Waals surface area contributed by atoms with E-state index >= 15 is 0 Å². The monoisotopic (exact) mass is 256 g/mol. The fourth-order valence-corrected chi connectivity index (χ4v) is 2.37. The van der Waals surface area contributed by atoms with Crippen LogP contribution < -0.4 is 5.32 Å². The molecule has 0 bridgehead atoms. The molecular formula is C14H16N4O. The Bertz CT molecular complexity index is 630. The van der Waals surface area contributed by atoms with Crippen molar-refractivity contribution in [2.75, 3.05) is 11.9 Å². The Balaban J connectivity index is 1.98. The van der Waals surface area contributed by atoms with Crippen LogP contribution in [0.1, 0.15) is 41.6 Å². The molecule has 0 amide bonds. The molecule has 5 heteroatoms. The molecule has 0 atom stereocenters. The number of fused-ring (bicyclic) bond motifs is 1. The van der Waals surface area contributed by atoms with Gasteiger partial charge in [-0.1, -0.05) is 0 Å². The van der Waals surface area contributed by atoms with Gasteiger partial charge in [0.25, 0.3) is 0 Å². The summed E-state index contributed by atoms with van der Waals surface area (Å²) in [6, 6.07) is 5.89. The van der Waals surface area contributed by atoms with Crippen molar-refractivity contribution in [1.29, 1.82) is 0 Å². The third kappa shape index (κ3) is 2.01. The second-order valence-corrected chi connectivity index (χ2v) is 5.00. The molecule has 1 aromatic heterocycles. The minimum Gasteiger partial charge on any atom is -0.384 e. The van der Waals surface area contributed by atoms with E-state index < -0.39 is 0 Å². The standard InChI is InChI=1S/C14H16N4O/c1-9(2)18-14(16-8-17-18)13(19)11-3-4-12-10(7-11)5-6-15-12/h3-4,7-9,15H,5-6H2,1-2H3. The summed E-state index contributed by atoms with van der Waals surface area (Å²) in [5.74, 6) is 0.335. The van der Waals surface area contributed by atoms with Gasteiger partial charge in [0.15, 0.2) is 5.82 Å². The summed E-state index contributed by atoms with van der Waals surface area (Å²) in [4.78, 5) is 16.6. The number of carbonyl (C=O) groups is 1. The number of aromatic nitrogens is 3. The maximum absolute atomic E-state index is 12.5. The summed E-state index contributed by atoms with van der Waals surface area (Å²) in [7, 11) is 0. The van der Waals surface area contributed by atoms with Crippen LogP contribution in [0.15, 0.2) is 24.5 Å². The van der Waals surface area contributed by atoms with E-state index in [2.05, 4.69) is 15.4 Å². The van der Waals surface area contributed by atoms with Gasteiger partial charge in [0.2, 0.25) is 5.78 Å². The molecule has 1 aliphatic heterocycles. The third-order valence-electron chi connectivity index (χ3n) is 3.34. The highest BCUT2D eigenvalue weighted by atomic mass is 16.1. The van der Waals surface area contributed by atoms with Crippen LogP contribution in [0.25, 0.3) is 0 Å². The lowest BCUT2D eigenvalue weighted by Gasteiger charge is -2.09. The second-order valence-electron chi connectivity index (χ2n) is 5.00. The zero-order valence-electron chi connectivity index (χ0n) is 11.1. The molecule has 0 saturated carbocycles. The summed E-state index contributed by atoms with van der Waals surface area (Å²) in [5.41, 5.74) is 3.00. The largest absolute Gasteiger partial charge is 0.384 e. The summed E-state index contributed by atoms with van der Waals surface area (Å²) >= 11 is 0. The quantitative estimate of drug-likeness (QED) is 0.854. The SMILES string of the molecule is CC(C)n1ncnc1C(=O)c1ccc2c(c1)CCN2. The van der Waals surface area contributed by atoms with Crippen molar-refractivity contribution in [3.05, 3.63) is 41.5 Å². The number of nitrogens with one attached hydrogen (secondary N) is 1. The molecule has 2 aromatic rings. The van der Waals surface area contributed by atoms with Gasteiger partial charge in [0.1, 0.15) is 6.33 Å². The Morgan fingerprint density at radius 3 is 3.05 bits per heavy atom. The lowest BCUT2D eigenvalue weighted by atomic mass is 10.0. The highest BCUT2D eigenvalue weighted by molar-refractivity contribution is 6.07. The topological polar surface area (TPSA) is 59.8 Å². The average Bonchev–Trinajstić information content (AvgIpc) is 3.05. The molecule has 0 spiro atoms. The van der Waals surface area contributed by atoms with Gasteiger partial charge in [-0.15, -0.1) is 0 Å². The van der Waals surface area contributed by atoms with Gasteiger partial charge in [0.05, 0.1) is 0 Å². The van der Waals surface area contributed by atoms with Crippen molar-refractivity contribution < 1.29 is 4.79 Å². The number of hydrogen-bond acceptors (Lipinski definition) is 4. The Hall–Kier alpha value is -2.17. The fraction of sp³-hybridized carbons (Fsp3) is 0.357. The van der Waals surface area contributed by atoms with Crippen LogP contribution in [0.3, 0.4) is 0 Å². The van der Waals surface area contributed by atoms with Crippen LogP contribution in [0.4, 0.5) is 5.69 Å². The molecule has 0 aliphatic carbocycles. The van der Waals surface area contributed by atoms with E-state index in [9.17, 15) is 4.79 Å². The first kappa shape index (κ1) is 11.9. The molecule has 1 N–H and O–H groups in total. The predicted octanol–water partition coefficient (Wildman–Crippen LogP) is 2.06. The predicted molar refractivity (Wildman–Crippen MR) is 72.5 cm³/mol. The van der Waals surface area contributed by atoms with E-state index in [1.165, 1.54) is 11.9 Å². The molecule has 2 heterocycles. The summed E-state index contributed by atoms with van der Waals surface area (Å²) in [6.07, 6.45) is 2.40. The van der Waals surface area contributed by atoms with Crippen molar-refractivity contribution in [3.8, 4) is 0 Å². The number of hydrogen-bond donors (Lipinski definition) is 1. The lowest BCUT2D eigenvalue weighted by molar-refractivity contribution is 0.102. The number of ketones is 1. The number of anilines is 1. The highest BCUT2D eigenvalue weighted by Crippen LogP contribution is 2.24. The first-order valence-corrected chi connectivity index (χ1v) is 6.48. The van der Waals surface area contributed by atoms with E-state index in [0.29, 0.717) is 11.4 Å². The van der Waals surface area contributed by atoms with E-state index in [1.54, 1.807) is 4.68 Å². The molecule has 5 nitrogen and oxygen atoms in total. The summed E-state index contributed by atoms with van der Waals surface area (Å²) in [6.45, 7) is 4.91. The van der Waals surface area contributed by atoms with E-state index in [0.717, 1.165) is 18.7 Å². The van der Waals surface area contributed by atoms with Crippen LogP contribution in [0.2, 0.25) is 0 Å². The fourth-order valence-electron chi connectivity index (χ4n) is 2.37. The van der Waals surface area contributed by atoms with E-state index in [1.807, 2.05) is 32.0 Å². The molecule has 98 valence electrons. The number of carbonyl (C=O) groups excluding carboxylic acids is 1. The van der Waals surface area contributed by atoms with Gasteiger partial charge in [-0.25, -0.2) is 9.67 Å². The molecule has 0 radical (unpaired) electrons. The number of rotatable bonds is 3. The van der Waals surface area contributed by atoms with Gasteiger partial charge in [-0.2, -0.15) is 5.10 Å². The van der Waals surface area contributed by atoms with Crippen molar-refractivity contribution in [2.45, 2.75) is 26.3 Å². The van der Waals surface area contributed by atoms with Crippen LogP contribution >= 0.6 is 0 Å². The Kier molecular flexibility index (Phi) is 2.81. The molecule has 1 aliphatic rings. The zero-order chi connectivity index (χ0) is 13.4. The van der Waals surface area contributed by atoms with Gasteiger partial charge < -0.3 is 5.32 Å². The zero-order valence-corrected chi connectivity index (χ0v) is 11.1. The minimum atomic E-state index is -0.0686. The van der Waals surface area contributed by atoms with Gasteiger partial charge in [-0.05, 0) is 44.0 Å². The number of benzene rings is 1. The van der Waals surface area contributed by atoms with Crippen molar-refractivity contribution in [1.82, 2.24) is 14.8 Å². The Morgan fingerprint density at radius 1 is 1.42 bits per heavy atom. The van der Waals surface area contributed by atoms with Crippen molar-refractivity contribution >= 4 is 11.5 Å². The Labute approximate surface area is 111 Å². The summed E-state index contributed by atoms with van der Waals surface area (Å²) in [5, 5.41) is 7.39. The normalized spacial score (nSPS) is 13.4. The Morgan fingerprint density at radius 2 is 2.26 bits per heavy atom. The molecule has 0 unspecified atom stereocenters. The van der Waals surface area contributed by atoms with E-state index in [4.69, 9.17) is 0 Å². The molecule has 19 heavy (non-hydrogen) atoms. The number of nitrogens with zero attached hydrogens (tertiary/aromatic N) is 3. The van der Waals surface area contributed by atoms with Crippen molar-refractivity contribution in [2.24, 2.45) is 0 Å². The molecule has 3 rings (SSSR count). The van der Waals surface area contributed by atoms with Crippen LogP contribution in [-0.2, 0) is 6.42 Å². The second kappa shape index (κ2) is 4.50. The average molecular weight is 256 g/mol. The maximum Gasteiger partial charge on any atom is 0.229 e. The lowest BCUT2D eigenvalue weighted by Crippen LogP contribution is -2.14. The van der Waals surface area contributed by atoms with Gasteiger partial charge >= 0.3 is 0 Å². The third-order valence-corrected chi connectivity index (χ3v) is 3.34. The summed E-state index contributed by atoms with van der Waals surface area (Å²) < 4.78 is 1.66. The molecule has 0 fully saturated rings. The van der Waals surface area contributed by atoms with Crippen LogP contribution in [-0.4, -0.2) is 27.1 Å². The highest BCUT2D eigenvalue weighted by Gasteiger charge is 2.20. The smallest absolute Gasteiger partial charge is 0.229 e. The molecule has 1 aromatic carbocycles. The molecule has 0 saturated heterocycles. The van der Waals surface area contributed by atoms with Gasteiger partial charge in [0, 0.05) is 23.8 Å². The van der Waals surface area contributed by atoms with Gasteiger partial charge in [-0.3, -0.25) is 4.79 Å². The van der Waals surface area contributed by atoms with Crippen LogP contribution in [0.5, 0.6) is 0 Å². The molecular weight excluding hydrogens is 240 g/mol. The van der Waals surface area contributed by atoms with Crippen molar-refractivity contribution in [3.63, 3.8) is 0 Å². The van der Waals surface area contributed by atoms with E-state index in [-0.39, 0.29) is 11.8 Å².